The number of carbonyl (C=O) groups is 1. The molecule has 0 saturated carbocycles. The summed E-state index contributed by atoms with van der Waals surface area (Å²) in [6.07, 6.45) is 1.34. The fraction of sp³-hybridized carbons (Fsp3) is 0.500. The summed E-state index contributed by atoms with van der Waals surface area (Å²) >= 11 is 7.82. The molecule has 0 spiro atoms. The molecule has 0 fully saturated rings. The smallest absolute Gasteiger partial charge is 0.306 e. The van der Waals surface area contributed by atoms with Gasteiger partial charge >= 0.3 is 5.97 Å². The highest BCUT2D eigenvalue weighted by Gasteiger charge is 2.18. The molecule has 0 aromatic heterocycles. The maximum absolute atomic E-state index is 11.2. The van der Waals surface area contributed by atoms with E-state index < -0.39 is 0 Å². The van der Waals surface area contributed by atoms with Crippen LogP contribution < -0.4 is 4.74 Å². The molecule has 5 heteroatoms. The molecule has 0 radical (unpaired) electrons. The van der Waals surface area contributed by atoms with E-state index in [1.165, 1.54) is 12.7 Å². The van der Waals surface area contributed by atoms with Gasteiger partial charge < -0.3 is 9.47 Å². The number of halogens is 1. The van der Waals surface area contributed by atoms with Crippen LogP contribution in [0.5, 0.6) is 5.75 Å². The van der Waals surface area contributed by atoms with Crippen LogP contribution in [-0.4, -0.2) is 24.9 Å². The molecule has 3 nitrogen and oxygen atoms in total. The molecule has 2 rings (SSSR count). The quantitative estimate of drug-likeness (QED) is 0.780. The van der Waals surface area contributed by atoms with Gasteiger partial charge in [0.25, 0.3) is 0 Å². The zero-order valence-electron chi connectivity index (χ0n) is 11.1. The van der Waals surface area contributed by atoms with E-state index in [9.17, 15) is 4.79 Å². The van der Waals surface area contributed by atoms with E-state index in [-0.39, 0.29) is 11.2 Å². The van der Waals surface area contributed by atoms with Crippen molar-refractivity contribution in [1.82, 2.24) is 0 Å². The minimum atomic E-state index is -0.174. The Bertz CT molecular complexity index is 476. The number of esters is 1. The van der Waals surface area contributed by atoms with Crippen LogP contribution >= 0.6 is 23.4 Å². The monoisotopic (exact) mass is 300 g/mol. The van der Waals surface area contributed by atoms with Crippen LogP contribution in [-0.2, 0) is 21.7 Å². The van der Waals surface area contributed by atoms with Crippen molar-refractivity contribution in [2.45, 2.75) is 30.8 Å². The Morgan fingerprint density at radius 1 is 1.58 bits per heavy atom. The van der Waals surface area contributed by atoms with E-state index in [0.29, 0.717) is 6.42 Å². The third-order valence-corrected chi connectivity index (χ3v) is 4.46. The maximum Gasteiger partial charge on any atom is 0.306 e. The van der Waals surface area contributed by atoms with Crippen molar-refractivity contribution in [2.75, 3.05) is 13.7 Å². The predicted molar refractivity (Wildman–Crippen MR) is 78.0 cm³/mol. The van der Waals surface area contributed by atoms with Crippen molar-refractivity contribution in [3.8, 4) is 5.75 Å². The summed E-state index contributed by atoms with van der Waals surface area (Å²) in [4.78, 5) is 11.2. The molecule has 0 aliphatic carbocycles. The second kappa shape index (κ2) is 6.53. The molecule has 1 aromatic carbocycles. The number of fused-ring (bicyclic) bond motifs is 1. The van der Waals surface area contributed by atoms with Crippen LogP contribution in [0, 0.1) is 0 Å². The lowest BCUT2D eigenvalue weighted by Gasteiger charge is -2.12. The minimum absolute atomic E-state index is 0.174. The van der Waals surface area contributed by atoms with Crippen LogP contribution in [0.1, 0.15) is 24.5 Å². The summed E-state index contributed by atoms with van der Waals surface area (Å²) in [5.74, 6) is 1.59. The number of benzene rings is 1. The van der Waals surface area contributed by atoms with Crippen molar-refractivity contribution in [1.29, 1.82) is 0 Å². The summed E-state index contributed by atoms with van der Waals surface area (Å²) < 4.78 is 10.3. The average molecular weight is 301 g/mol. The van der Waals surface area contributed by atoms with Gasteiger partial charge in [0.05, 0.1) is 20.1 Å². The van der Waals surface area contributed by atoms with Crippen molar-refractivity contribution < 1.29 is 14.3 Å². The second-order valence-electron chi connectivity index (χ2n) is 4.55. The largest absolute Gasteiger partial charge is 0.493 e. The summed E-state index contributed by atoms with van der Waals surface area (Å²) in [6, 6.07) is 3.92. The number of methoxy groups -OCH3 is 1. The molecule has 1 aliphatic heterocycles. The Kier molecular flexibility index (Phi) is 4.99. The summed E-state index contributed by atoms with van der Waals surface area (Å²) in [7, 11) is 1.41. The van der Waals surface area contributed by atoms with E-state index >= 15 is 0 Å². The van der Waals surface area contributed by atoms with Crippen LogP contribution in [0.3, 0.4) is 0 Å². The molecule has 1 atom stereocenters. The highest BCUT2D eigenvalue weighted by Crippen LogP contribution is 2.35. The number of carbonyl (C=O) groups excluding carboxylic acids is 1. The first-order valence-electron chi connectivity index (χ1n) is 6.22. The third kappa shape index (κ3) is 3.80. The summed E-state index contributed by atoms with van der Waals surface area (Å²) in [5.41, 5.74) is 2.30. The molecule has 0 amide bonds. The lowest BCUT2D eigenvalue weighted by molar-refractivity contribution is -0.140. The van der Waals surface area contributed by atoms with Crippen molar-refractivity contribution in [3.05, 3.63) is 28.3 Å². The van der Waals surface area contributed by atoms with Gasteiger partial charge in [-0.05, 0) is 17.7 Å². The van der Waals surface area contributed by atoms with Crippen molar-refractivity contribution in [3.63, 3.8) is 0 Å². The molecule has 0 bridgehead atoms. The number of thioether (sulfide) groups is 1. The molecule has 1 unspecified atom stereocenters. The van der Waals surface area contributed by atoms with Crippen LogP contribution in [0.25, 0.3) is 0 Å². The standard InChI is InChI=1S/C14H17ClO3S/c1-9(5-13(16)17-2)19-8-11-7-12(15)6-10-3-4-18-14(10)11/h6-7,9H,3-5,8H2,1-2H3. The van der Waals surface area contributed by atoms with Gasteiger partial charge in [-0.2, -0.15) is 11.8 Å². The predicted octanol–water partition coefficient (Wildman–Crippen LogP) is 3.46. The highest BCUT2D eigenvalue weighted by atomic mass is 35.5. The van der Waals surface area contributed by atoms with Gasteiger partial charge in [-0.1, -0.05) is 18.5 Å². The molecule has 1 aromatic rings. The maximum atomic E-state index is 11.2. The molecule has 1 heterocycles. The number of hydrogen-bond donors (Lipinski definition) is 0. The topological polar surface area (TPSA) is 35.5 Å². The Hall–Kier alpha value is -0.870. The minimum Gasteiger partial charge on any atom is -0.493 e. The van der Waals surface area contributed by atoms with E-state index in [1.54, 1.807) is 11.8 Å². The Morgan fingerprint density at radius 3 is 3.11 bits per heavy atom. The fourth-order valence-corrected chi connectivity index (χ4v) is 3.26. The molecule has 0 N–H and O–H groups in total. The summed E-state index contributed by atoms with van der Waals surface area (Å²) in [6.45, 7) is 2.75. The first-order chi connectivity index (χ1) is 9.10. The highest BCUT2D eigenvalue weighted by molar-refractivity contribution is 7.99. The van der Waals surface area contributed by atoms with Gasteiger partial charge in [0, 0.05) is 28.0 Å². The van der Waals surface area contributed by atoms with E-state index in [1.807, 2.05) is 19.1 Å². The Balaban J connectivity index is 1.98. The van der Waals surface area contributed by atoms with Gasteiger partial charge in [0.15, 0.2) is 0 Å². The molecule has 104 valence electrons. The second-order valence-corrected chi connectivity index (χ2v) is 6.42. The normalized spacial score (nSPS) is 14.7. The van der Waals surface area contributed by atoms with Crippen molar-refractivity contribution in [2.24, 2.45) is 0 Å². The van der Waals surface area contributed by atoms with E-state index in [0.717, 1.165) is 35.1 Å². The average Bonchev–Trinajstić information content (AvgIpc) is 2.83. The molecular weight excluding hydrogens is 284 g/mol. The van der Waals surface area contributed by atoms with Crippen molar-refractivity contribution >= 4 is 29.3 Å². The molecule has 1 aliphatic rings. The number of ether oxygens (including phenoxy) is 2. The SMILES string of the molecule is COC(=O)CC(C)SCc1cc(Cl)cc2c1OCC2. The summed E-state index contributed by atoms with van der Waals surface area (Å²) in [5, 5.41) is 0.962. The van der Waals surface area contributed by atoms with Gasteiger partial charge in [0.1, 0.15) is 5.75 Å². The first kappa shape index (κ1) is 14.5. The Labute approximate surface area is 122 Å². The van der Waals surface area contributed by atoms with Gasteiger partial charge in [-0.15, -0.1) is 0 Å². The zero-order valence-corrected chi connectivity index (χ0v) is 12.6. The van der Waals surface area contributed by atoms with E-state index in [2.05, 4.69) is 4.74 Å². The van der Waals surface area contributed by atoms with Gasteiger partial charge in [0.2, 0.25) is 0 Å². The van der Waals surface area contributed by atoms with Gasteiger partial charge in [-0.3, -0.25) is 4.79 Å². The first-order valence-corrected chi connectivity index (χ1v) is 7.65. The third-order valence-electron chi connectivity index (χ3n) is 3.03. The molecule has 0 saturated heterocycles. The lowest BCUT2D eigenvalue weighted by Crippen LogP contribution is -2.08. The van der Waals surface area contributed by atoms with Crippen LogP contribution in [0.15, 0.2) is 12.1 Å². The zero-order chi connectivity index (χ0) is 13.8. The van der Waals surface area contributed by atoms with E-state index in [4.69, 9.17) is 16.3 Å². The van der Waals surface area contributed by atoms with Crippen LogP contribution in [0.4, 0.5) is 0 Å². The Morgan fingerprint density at radius 2 is 2.37 bits per heavy atom. The number of hydrogen-bond acceptors (Lipinski definition) is 4. The molecule has 19 heavy (non-hydrogen) atoms. The van der Waals surface area contributed by atoms with Gasteiger partial charge in [-0.25, -0.2) is 0 Å². The fourth-order valence-electron chi connectivity index (χ4n) is 2.06. The molecular formula is C14H17ClO3S. The van der Waals surface area contributed by atoms with Crippen LogP contribution in [0.2, 0.25) is 5.02 Å². The number of rotatable bonds is 5. The lowest BCUT2D eigenvalue weighted by atomic mass is 10.1.